The second-order valence-corrected chi connectivity index (χ2v) is 8.87. The fourth-order valence-electron chi connectivity index (χ4n) is 4.45. The summed E-state index contributed by atoms with van der Waals surface area (Å²) < 4.78 is 1.66. The van der Waals surface area contributed by atoms with Crippen LogP contribution in [0.25, 0.3) is 22.0 Å². The zero-order valence-electron chi connectivity index (χ0n) is 19.7. The van der Waals surface area contributed by atoms with Crippen LogP contribution in [0.15, 0.2) is 109 Å². The van der Waals surface area contributed by atoms with E-state index < -0.39 is 0 Å². The van der Waals surface area contributed by atoms with Gasteiger partial charge in [-0.15, -0.1) is 0 Å². The summed E-state index contributed by atoms with van der Waals surface area (Å²) in [6.07, 6.45) is 1.91. The third kappa shape index (κ3) is 4.38. The average molecular weight is 459 g/mol. The van der Waals surface area contributed by atoms with Gasteiger partial charge in [0.2, 0.25) is 0 Å². The van der Waals surface area contributed by atoms with Crippen LogP contribution < -0.4 is 5.32 Å². The van der Waals surface area contributed by atoms with Gasteiger partial charge in [-0.2, -0.15) is 0 Å². The minimum atomic E-state index is -0.253. The molecular formula is C31H26N2O2. The molecule has 1 aromatic heterocycles. The average Bonchev–Trinajstić information content (AvgIpc) is 3.29. The fourth-order valence-corrected chi connectivity index (χ4v) is 4.45. The second-order valence-electron chi connectivity index (χ2n) is 8.87. The lowest BCUT2D eigenvalue weighted by atomic mass is 9.92. The first-order chi connectivity index (χ1) is 17.0. The van der Waals surface area contributed by atoms with E-state index in [9.17, 15) is 9.59 Å². The molecule has 35 heavy (non-hydrogen) atoms. The largest absolute Gasteiger partial charge is 0.330 e. The Kier molecular flexibility index (Phi) is 6.02. The van der Waals surface area contributed by atoms with Crippen LogP contribution in [0, 0.1) is 0 Å². The lowest BCUT2D eigenvalue weighted by molar-refractivity contribution is 0.103. The zero-order valence-corrected chi connectivity index (χ0v) is 19.7. The smallest absolute Gasteiger partial charge is 0.307 e. The maximum Gasteiger partial charge on any atom is 0.330 e. The predicted molar refractivity (Wildman–Crippen MR) is 142 cm³/mol. The number of nitrogens with zero attached hydrogens (tertiary/aromatic N) is 1. The van der Waals surface area contributed by atoms with Gasteiger partial charge in [-0.25, -0.2) is 4.79 Å². The van der Waals surface area contributed by atoms with Crippen LogP contribution in [-0.2, 0) is 0 Å². The van der Waals surface area contributed by atoms with Crippen LogP contribution in [0.4, 0.5) is 10.5 Å². The van der Waals surface area contributed by atoms with E-state index in [1.165, 1.54) is 5.56 Å². The molecule has 0 unspecified atom stereocenters. The number of nitrogens with one attached hydrogen (secondary N) is 1. The van der Waals surface area contributed by atoms with Crippen molar-refractivity contribution in [1.82, 2.24) is 4.57 Å². The third-order valence-electron chi connectivity index (χ3n) is 6.24. The molecule has 4 aromatic carbocycles. The molecule has 172 valence electrons. The molecule has 0 saturated carbocycles. The van der Waals surface area contributed by atoms with Gasteiger partial charge >= 0.3 is 6.03 Å². The molecule has 1 amide bonds. The molecule has 0 saturated heterocycles. The Labute approximate surface area is 204 Å². The molecule has 1 heterocycles. The lowest BCUT2D eigenvalue weighted by Crippen LogP contribution is -2.18. The Morgan fingerprint density at radius 2 is 1.31 bits per heavy atom. The number of anilines is 1. The van der Waals surface area contributed by atoms with Gasteiger partial charge in [0.15, 0.2) is 5.78 Å². The molecule has 0 aliphatic carbocycles. The molecule has 1 N–H and O–H groups in total. The summed E-state index contributed by atoms with van der Waals surface area (Å²) in [5.74, 6) is 0.313. The number of amides is 1. The van der Waals surface area contributed by atoms with Crippen molar-refractivity contribution in [2.45, 2.75) is 19.8 Å². The van der Waals surface area contributed by atoms with Crippen molar-refractivity contribution in [1.29, 1.82) is 0 Å². The number of fused-ring (bicyclic) bond motifs is 1. The van der Waals surface area contributed by atoms with E-state index in [0.29, 0.717) is 22.7 Å². The van der Waals surface area contributed by atoms with Gasteiger partial charge in [0.05, 0.1) is 5.52 Å². The molecule has 0 atom stereocenters. The molecule has 0 radical (unpaired) electrons. The van der Waals surface area contributed by atoms with E-state index in [4.69, 9.17) is 0 Å². The third-order valence-corrected chi connectivity index (χ3v) is 6.24. The Bertz CT molecular complexity index is 1510. The fraction of sp³-hybridized carbons (Fsp3) is 0.0968. The van der Waals surface area contributed by atoms with Gasteiger partial charge in [-0.3, -0.25) is 9.36 Å². The molecule has 0 aliphatic rings. The second kappa shape index (κ2) is 9.43. The molecule has 5 aromatic rings. The van der Waals surface area contributed by atoms with Crippen LogP contribution in [0.5, 0.6) is 0 Å². The number of para-hydroxylation sites is 1. The number of ketones is 1. The molecule has 4 nitrogen and oxygen atoms in total. The van der Waals surface area contributed by atoms with E-state index in [-0.39, 0.29) is 11.8 Å². The number of hydrogen-bond acceptors (Lipinski definition) is 2. The number of aromatic nitrogens is 1. The van der Waals surface area contributed by atoms with Gasteiger partial charge in [0.25, 0.3) is 0 Å². The minimum absolute atomic E-state index is 0.0478. The summed E-state index contributed by atoms with van der Waals surface area (Å²) in [6, 6.07) is 32.2. The highest BCUT2D eigenvalue weighted by molar-refractivity contribution is 6.09. The highest BCUT2D eigenvalue weighted by Gasteiger charge is 2.18. The van der Waals surface area contributed by atoms with Crippen molar-refractivity contribution < 1.29 is 9.59 Å². The van der Waals surface area contributed by atoms with Crippen LogP contribution in [0.2, 0.25) is 0 Å². The molecule has 0 spiro atoms. The van der Waals surface area contributed by atoms with Gasteiger partial charge in [-0.05, 0) is 47.4 Å². The van der Waals surface area contributed by atoms with E-state index in [2.05, 4.69) is 43.4 Å². The topological polar surface area (TPSA) is 51.1 Å². The quantitative estimate of drug-likeness (QED) is 0.274. The van der Waals surface area contributed by atoms with E-state index >= 15 is 0 Å². The van der Waals surface area contributed by atoms with E-state index in [1.807, 2.05) is 48.7 Å². The molecule has 5 rings (SSSR count). The van der Waals surface area contributed by atoms with E-state index in [1.54, 1.807) is 41.0 Å². The molecule has 0 bridgehead atoms. The van der Waals surface area contributed by atoms with Crippen LogP contribution in [0.1, 0.15) is 41.3 Å². The van der Waals surface area contributed by atoms with Gasteiger partial charge in [0.1, 0.15) is 0 Å². The van der Waals surface area contributed by atoms with Crippen molar-refractivity contribution in [3.63, 3.8) is 0 Å². The maximum absolute atomic E-state index is 13.3. The molecular weight excluding hydrogens is 432 g/mol. The minimum Gasteiger partial charge on any atom is -0.307 e. The first-order valence-electron chi connectivity index (χ1n) is 11.7. The SMILES string of the molecule is CC(C)c1ccccc1-c1cn(C(=O)Nc2ccc(C(=O)c3ccccc3)cc2)c2ccccc12. The Morgan fingerprint density at radius 1 is 0.686 bits per heavy atom. The highest BCUT2D eigenvalue weighted by Crippen LogP contribution is 2.35. The van der Waals surface area contributed by atoms with Crippen molar-refractivity contribution >= 4 is 28.4 Å². The van der Waals surface area contributed by atoms with Crippen LogP contribution >= 0.6 is 0 Å². The van der Waals surface area contributed by atoms with Crippen molar-refractivity contribution in [2.75, 3.05) is 5.32 Å². The van der Waals surface area contributed by atoms with Crippen LogP contribution in [0.3, 0.4) is 0 Å². The summed E-state index contributed by atoms with van der Waals surface area (Å²) in [7, 11) is 0. The number of carbonyl (C=O) groups excluding carboxylic acids is 2. The summed E-state index contributed by atoms with van der Waals surface area (Å²) in [4.78, 5) is 26.0. The number of hydrogen-bond donors (Lipinski definition) is 1. The maximum atomic E-state index is 13.3. The Morgan fingerprint density at radius 3 is 2.06 bits per heavy atom. The van der Waals surface area contributed by atoms with Crippen LogP contribution in [-0.4, -0.2) is 16.4 Å². The normalized spacial score (nSPS) is 11.1. The molecule has 0 fully saturated rings. The number of carbonyl (C=O) groups is 2. The standard InChI is InChI=1S/C31H26N2O2/c1-21(2)25-12-6-7-13-26(25)28-20-33(29-15-9-8-14-27(28)29)31(35)32-24-18-16-23(17-19-24)30(34)22-10-4-3-5-11-22/h3-21H,1-2H3,(H,32,35). The van der Waals surface area contributed by atoms with Crippen molar-refractivity contribution in [3.8, 4) is 11.1 Å². The summed E-state index contributed by atoms with van der Waals surface area (Å²) in [5, 5.41) is 4.00. The van der Waals surface area contributed by atoms with Gasteiger partial charge in [0, 0.05) is 34.0 Å². The van der Waals surface area contributed by atoms with Crippen molar-refractivity contribution in [3.05, 3.63) is 126 Å². The number of benzene rings is 4. The summed E-state index contributed by atoms with van der Waals surface area (Å²) in [5.41, 5.74) is 6.09. The van der Waals surface area contributed by atoms with Crippen molar-refractivity contribution in [2.24, 2.45) is 0 Å². The first-order valence-corrected chi connectivity index (χ1v) is 11.7. The predicted octanol–water partition coefficient (Wildman–Crippen LogP) is 7.74. The molecule has 4 heteroatoms. The van der Waals surface area contributed by atoms with E-state index in [0.717, 1.165) is 22.0 Å². The Balaban J connectivity index is 1.45. The summed E-state index contributed by atoms with van der Waals surface area (Å²) in [6.45, 7) is 4.36. The lowest BCUT2D eigenvalue weighted by Gasteiger charge is -2.12. The zero-order chi connectivity index (χ0) is 24.4. The summed E-state index contributed by atoms with van der Waals surface area (Å²) >= 11 is 0. The van der Waals surface area contributed by atoms with Gasteiger partial charge < -0.3 is 5.32 Å². The van der Waals surface area contributed by atoms with Gasteiger partial charge in [-0.1, -0.05) is 86.6 Å². The monoisotopic (exact) mass is 458 g/mol. The highest BCUT2D eigenvalue weighted by atomic mass is 16.2. The first kappa shape index (κ1) is 22.4. The Hall–Kier alpha value is -4.44. The number of rotatable bonds is 5. The molecule has 0 aliphatic heterocycles.